The van der Waals surface area contributed by atoms with Crippen LogP contribution in [0.15, 0.2) is 88.9 Å². The Morgan fingerprint density at radius 1 is 0.912 bits per heavy atom. The molecular weight excluding hydrogens is 485 g/mol. The van der Waals surface area contributed by atoms with Crippen molar-refractivity contribution in [3.63, 3.8) is 0 Å². The van der Waals surface area contributed by atoms with Crippen LogP contribution in [0.2, 0.25) is 10.0 Å². The summed E-state index contributed by atoms with van der Waals surface area (Å²) < 4.78 is 0. The molecule has 3 aromatic carbocycles. The Bertz CT molecular complexity index is 1260. The maximum Gasteiger partial charge on any atom is 0.255 e. The summed E-state index contributed by atoms with van der Waals surface area (Å²) in [5.41, 5.74) is 3.45. The summed E-state index contributed by atoms with van der Waals surface area (Å²) in [5.74, 6) is -0.215. The van der Waals surface area contributed by atoms with Gasteiger partial charge in [0.1, 0.15) is 0 Å². The number of aryl methyl sites for hydroxylation is 2. The maximum atomic E-state index is 13.2. The molecule has 1 heterocycles. The van der Waals surface area contributed by atoms with Gasteiger partial charge in [0, 0.05) is 27.0 Å². The first-order chi connectivity index (χ1) is 16.5. The summed E-state index contributed by atoms with van der Waals surface area (Å²) in [7, 11) is 0. The van der Waals surface area contributed by atoms with E-state index >= 15 is 0 Å². The molecule has 4 aromatic rings. The average Bonchev–Trinajstić information content (AvgIpc) is 2.82. The van der Waals surface area contributed by atoms with Crippen LogP contribution < -0.4 is 5.32 Å². The Morgan fingerprint density at radius 3 is 2.24 bits per heavy atom. The summed E-state index contributed by atoms with van der Waals surface area (Å²) in [4.78, 5) is 23.6. The monoisotopic (exact) mass is 507 g/mol. The molecule has 1 N–H and O–H groups in total. The highest BCUT2D eigenvalue weighted by Gasteiger charge is 2.21. The lowest BCUT2D eigenvalue weighted by Crippen LogP contribution is -2.27. The fraction of sp³-hybridized carbons (Fsp3) is 0.148. The molecule has 34 heavy (non-hydrogen) atoms. The number of hydrogen-bond donors (Lipinski definition) is 1. The van der Waals surface area contributed by atoms with Gasteiger partial charge in [-0.05, 0) is 67.4 Å². The van der Waals surface area contributed by atoms with E-state index in [1.807, 2.05) is 55.5 Å². The molecule has 0 atom stereocenters. The molecule has 0 saturated carbocycles. The number of hydrogen-bond acceptors (Lipinski definition) is 4. The van der Waals surface area contributed by atoms with E-state index in [0.717, 1.165) is 17.7 Å². The first-order valence-corrected chi connectivity index (χ1v) is 12.5. The lowest BCUT2D eigenvalue weighted by atomic mass is 10.0. The van der Waals surface area contributed by atoms with Crippen molar-refractivity contribution in [2.45, 2.75) is 29.8 Å². The predicted octanol–water partition coefficient (Wildman–Crippen LogP) is 7.27. The Balaban J connectivity index is 1.61. The zero-order chi connectivity index (χ0) is 23.9. The van der Waals surface area contributed by atoms with Crippen molar-refractivity contribution in [2.75, 3.05) is 6.54 Å². The summed E-state index contributed by atoms with van der Waals surface area (Å²) in [6, 6.07) is 25.3. The van der Waals surface area contributed by atoms with E-state index in [1.165, 1.54) is 17.3 Å². The second kappa shape index (κ2) is 11.5. The Labute approximate surface area is 213 Å². The molecule has 4 rings (SSSR count). The number of rotatable bonds is 8. The van der Waals surface area contributed by atoms with Crippen LogP contribution in [0.25, 0.3) is 11.3 Å². The number of benzene rings is 3. The molecule has 0 bridgehead atoms. The van der Waals surface area contributed by atoms with Gasteiger partial charge >= 0.3 is 0 Å². The molecule has 0 aliphatic rings. The molecule has 0 aliphatic carbocycles. The van der Waals surface area contributed by atoms with Gasteiger partial charge in [-0.3, -0.25) is 4.79 Å². The van der Waals surface area contributed by atoms with Crippen molar-refractivity contribution in [1.82, 2.24) is 15.3 Å². The lowest BCUT2D eigenvalue weighted by Gasteiger charge is -2.14. The molecule has 1 aromatic heterocycles. The van der Waals surface area contributed by atoms with Crippen LogP contribution in [-0.2, 0) is 6.42 Å². The quantitative estimate of drug-likeness (QED) is 0.201. The van der Waals surface area contributed by atoms with Crippen LogP contribution in [-0.4, -0.2) is 22.4 Å². The highest BCUT2D eigenvalue weighted by molar-refractivity contribution is 7.99. The van der Waals surface area contributed by atoms with Crippen molar-refractivity contribution in [1.29, 1.82) is 0 Å². The molecule has 0 radical (unpaired) electrons. The van der Waals surface area contributed by atoms with Gasteiger partial charge in [-0.25, -0.2) is 9.97 Å². The van der Waals surface area contributed by atoms with E-state index in [9.17, 15) is 4.79 Å². The summed E-state index contributed by atoms with van der Waals surface area (Å²) >= 11 is 14.0. The molecule has 0 saturated heterocycles. The van der Waals surface area contributed by atoms with E-state index in [2.05, 4.69) is 22.4 Å². The number of carbonyl (C=O) groups excluding carboxylic acids is 1. The molecular formula is C27H23Cl2N3OS. The van der Waals surface area contributed by atoms with Crippen molar-refractivity contribution in [3.05, 3.63) is 106 Å². The standard InChI is InChI=1S/C27H23Cl2N3OS/c1-18-24(26(33)30-14-8-11-19-9-4-2-5-10-19)25(20-15-21(28)17-22(29)16-20)32-27(31-18)34-23-12-6-3-7-13-23/h2-7,9-10,12-13,15-17H,8,11,14H2,1H3,(H,30,33). The molecule has 0 aliphatic heterocycles. The minimum Gasteiger partial charge on any atom is -0.352 e. The third kappa shape index (κ3) is 6.38. The van der Waals surface area contributed by atoms with Crippen LogP contribution in [0, 0.1) is 6.92 Å². The van der Waals surface area contributed by atoms with E-state index < -0.39 is 0 Å². The minimum atomic E-state index is -0.215. The number of nitrogens with zero attached hydrogens (tertiary/aromatic N) is 2. The third-order valence-electron chi connectivity index (χ3n) is 5.16. The summed E-state index contributed by atoms with van der Waals surface area (Å²) in [6.45, 7) is 2.37. The van der Waals surface area contributed by atoms with E-state index in [0.29, 0.717) is 44.3 Å². The van der Waals surface area contributed by atoms with Crippen molar-refractivity contribution in [2.24, 2.45) is 0 Å². The van der Waals surface area contributed by atoms with Gasteiger partial charge in [0.25, 0.3) is 5.91 Å². The van der Waals surface area contributed by atoms with E-state index in [4.69, 9.17) is 28.2 Å². The average molecular weight is 508 g/mol. The SMILES string of the molecule is Cc1nc(Sc2ccccc2)nc(-c2cc(Cl)cc(Cl)c2)c1C(=O)NCCCc1ccccc1. The molecule has 4 nitrogen and oxygen atoms in total. The number of nitrogens with one attached hydrogen (secondary N) is 1. The fourth-order valence-electron chi connectivity index (χ4n) is 3.59. The van der Waals surface area contributed by atoms with Crippen LogP contribution in [0.5, 0.6) is 0 Å². The highest BCUT2D eigenvalue weighted by atomic mass is 35.5. The topological polar surface area (TPSA) is 54.9 Å². The number of carbonyl (C=O) groups is 1. The number of aromatic nitrogens is 2. The zero-order valence-electron chi connectivity index (χ0n) is 18.6. The predicted molar refractivity (Wildman–Crippen MR) is 140 cm³/mol. The van der Waals surface area contributed by atoms with Crippen LogP contribution >= 0.6 is 35.0 Å². The number of amides is 1. The van der Waals surface area contributed by atoms with Crippen molar-refractivity contribution < 1.29 is 4.79 Å². The summed E-state index contributed by atoms with van der Waals surface area (Å²) in [5, 5.41) is 4.53. The number of halogens is 2. The van der Waals surface area contributed by atoms with Gasteiger partial charge in [0.2, 0.25) is 0 Å². The molecule has 0 unspecified atom stereocenters. The molecule has 1 amide bonds. The Morgan fingerprint density at radius 2 is 1.56 bits per heavy atom. The van der Waals surface area contributed by atoms with Crippen molar-refractivity contribution >= 4 is 40.9 Å². The first kappa shape index (κ1) is 24.3. The molecule has 0 fully saturated rings. The first-order valence-electron chi connectivity index (χ1n) is 10.9. The fourth-order valence-corrected chi connectivity index (χ4v) is 4.94. The largest absolute Gasteiger partial charge is 0.352 e. The highest BCUT2D eigenvalue weighted by Crippen LogP contribution is 2.32. The smallest absolute Gasteiger partial charge is 0.255 e. The van der Waals surface area contributed by atoms with Crippen LogP contribution in [0.1, 0.15) is 28.0 Å². The Kier molecular flexibility index (Phi) is 8.22. The second-order valence-electron chi connectivity index (χ2n) is 7.73. The Hall–Kier alpha value is -2.86. The minimum absolute atomic E-state index is 0.215. The van der Waals surface area contributed by atoms with Crippen LogP contribution in [0.3, 0.4) is 0 Å². The van der Waals surface area contributed by atoms with Gasteiger partial charge < -0.3 is 5.32 Å². The third-order valence-corrected chi connectivity index (χ3v) is 6.46. The van der Waals surface area contributed by atoms with E-state index in [-0.39, 0.29) is 5.91 Å². The van der Waals surface area contributed by atoms with Crippen LogP contribution in [0.4, 0.5) is 0 Å². The zero-order valence-corrected chi connectivity index (χ0v) is 20.9. The molecule has 0 spiro atoms. The van der Waals surface area contributed by atoms with Gasteiger partial charge in [-0.15, -0.1) is 0 Å². The molecule has 7 heteroatoms. The normalized spacial score (nSPS) is 10.8. The van der Waals surface area contributed by atoms with Gasteiger partial charge in [0.15, 0.2) is 5.16 Å². The van der Waals surface area contributed by atoms with Gasteiger partial charge in [0.05, 0.1) is 17.0 Å². The van der Waals surface area contributed by atoms with Gasteiger partial charge in [-0.2, -0.15) is 0 Å². The second-order valence-corrected chi connectivity index (χ2v) is 9.65. The molecule has 172 valence electrons. The maximum absolute atomic E-state index is 13.2. The van der Waals surface area contributed by atoms with Crippen molar-refractivity contribution in [3.8, 4) is 11.3 Å². The van der Waals surface area contributed by atoms with Gasteiger partial charge in [-0.1, -0.05) is 71.7 Å². The van der Waals surface area contributed by atoms with E-state index in [1.54, 1.807) is 18.2 Å². The summed E-state index contributed by atoms with van der Waals surface area (Å²) in [6.07, 6.45) is 1.72. The lowest BCUT2D eigenvalue weighted by molar-refractivity contribution is 0.0952.